The molecule has 0 heterocycles. The highest BCUT2D eigenvalue weighted by atomic mass is 32.2. The van der Waals surface area contributed by atoms with Crippen molar-refractivity contribution in [1.29, 1.82) is 0 Å². The van der Waals surface area contributed by atoms with Gasteiger partial charge in [0.2, 0.25) is 15.9 Å². The highest BCUT2D eigenvalue weighted by Gasteiger charge is 2.18. The van der Waals surface area contributed by atoms with E-state index in [2.05, 4.69) is 5.32 Å². The summed E-state index contributed by atoms with van der Waals surface area (Å²) in [6.07, 6.45) is 1.86. The number of rotatable bonds is 10. The summed E-state index contributed by atoms with van der Waals surface area (Å²) in [7, 11) is -3.43. The minimum absolute atomic E-state index is 0.121. The van der Waals surface area contributed by atoms with Crippen molar-refractivity contribution in [1.82, 2.24) is 5.32 Å². The second-order valence-electron chi connectivity index (χ2n) is 7.75. The van der Waals surface area contributed by atoms with E-state index < -0.39 is 10.0 Å². The van der Waals surface area contributed by atoms with Crippen LogP contribution in [0.4, 0.5) is 5.69 Å². The molecule has 30 heavy (non-hydrogen) atoms. The lowest BCUT2D eigenvalue weighted by atomic mass is 10.1. The second kappa shape index (κ2) is 10.5. The molecule has 164 valence electrons. The van der Waals surface area contributed by atoms with E-state index in [9.17, 15) is 13.2 Å². The van der Waals surface area contributed by atoms with Crippen molar-refractivity contribution < 1.29 is 17.9 Å². The molecule has 1 atom stereocenters. The van der Waals surface area contributed by atoms with Crippen LogP contribution in [0.3, 0.4) is 0 Å². The minimum atomic E-state index is -3.43. The lowest BCUT2D eigenvalue weighted by Crippen LogP contribution is -2.37. The summed E-state index contributed by atoms with van der Waals surface area (Å²) in [5.74, 6) is 0.681. The first-order chi connectivity index (χ1) is 14.1. The lowest BCUT2D eigenvalue weighted by Gasteiger charge is -2.23. The number of benzene rings is 2. The Kier molecular flexibility index (Phi) is 8.29. The predicted molar refractivity (Wildman–Crippen MR) is 122 cm³/mol. The summed E-state index contributed by atoms with van der Waals surface area (Å²) in [5.41, 5.74) is 3.80. The first kappa shape index (κ1) is 23.7. The first-order valence-electron chi connectivity index (χ1n) is 10.1. The number of nitrogens with zero attached hydrogens (tertiary/aromatic N) is 1. The van der Waals surface area contributed by atoms with E-state index in [1.807, 2.05) is 64.1 Å². The van der Waals surface area contributed by atoms with Gasteiger partial charge in [0.15, 0.2) is 0 Å². The quantitative estimate of drug-likeness (QED) is 0.621. The van der Waals surface area contributed by atoms with Crippen LogP contribution in [0.1, 0.15) is 36.5 Å². The van der Waals surface area contributed by atoms with Crippen LogP contribution in [0.25, 0.3) is 0 Å². The van der Waals surface area contributed by atoms with Gasteiger partial charge in [0.25, 0.3) is 0 Å². The zero-order valence-corrected chi connectivity index (χ0v) is 19.3. The Morgan fingerprint density at radius 1 is 1.07 bits per heavy atom. The maximum absolute atomic E-state index is 12.3. The largest absolute Gasteiger partial charge is 0.491 e. The predicted octanol–water partition coefficient (Wildman–Crippen LogP) is 3.74. The molecule has 0 aliphatic rings. The van der Waals surface area contributed by atoms with Crippen molar-refractivity contribution in [2.75, 3.05) is 23.7 Å². The Bertz CT molecular complexity index is 973. The second-order valence-corrected chi connectivity index (χ2v) is 9.66. The third kappa shape index (κ3) is 7.06. The summed E-state index contributed by atoms with van der Waals surface area (Å²) >= 11 is 0. The maximum Gasteiger partial charge on any atom is 0.232 e. The smallest absolute Gasteiger partial charge is 0.232 e. The van der Waals surface area contributed by atoms with Crippen molar-refractivity contribution in [3.63, 3.8) is 0 Å². The highest BCUT2D eigenvalue weighted by Crippen LogP contribution is 2.22. The molecule has 0 aliphatic carbocycles. The summed E-state index contributed by atoms with van der Waals surface area (Å²) in [5, 5.41) is 2.91. The molecule has 6 nitrogen and oxygen atoms in total. The van der Waals surface area contributed by atoms with E-state index in [0.29, 0.717) is 18.7 Å². The molecule has 0 saturated carbocycles. The number of carbonyl (C=O) groups is 1. The average molecular weight is 433 g/mol. The number of aryl methyl sites for hydroxylation is 3. The molecule has 0 spiro atoms. The van der Waals surface area contributed by atoms with Gasteiger partial charge < -0.3 is 10.1 Å². The van der Waals surface area contributed by atoms with Crippen molar-refractivity contribution in [3.05, 3.63) is 59.2 Å². The van der Waals surface area contributed by atoms with Crippen molar-refractivity contribution in [2.24, 2.45) is 0 Å². The van der Waals surface area contributed by atoms with E-state index in [-0.39, 0.29) is 24.9 Å². The molecule has 0 saturated heterocycles. The molecule has 1 N–H and O–H groups in total. The molecule has 0 radical (unpaired) electrons. The van der Waals surface area contributed by atoms with Crippen LogP contribution in [-0.4, -0.2) is 39.8 Å². The zero-order chi connectivity index (χ0) is 22.3. The number of anilines is 1. The van der Waals surface area contributed by atoms with Gasteiger partial charge in [-0.15, -0.1) is 0 Å². The molecule has 0 aromatic heterocycles. The van der Waals surface area contributed by atoms with Crippen molar-refractivity contribution in [3.8, 4) is 5.75 Å². The van der Waals surface area contributed by atoms with Gasteiger partial charge in [-0.3, -0.25) is 9.10 Å². The molecular formula is C23H32N2O4S. The van der Waals surface area contributed by atoms with Crippen LogP contribution >= 0.6 is 0 Å². The van der Waals surface area contributed by atoms with Gasteiger partial charge in [0.05, 0.1) is 18.0 Å². The van der Waals surface area contributed by atoms with Gasteiger partial charge in [-0.2, -0.15) is 0 Å². The Morgan fingerprint density at radius 3 is 2.40 bits per heavy atom. The lowest BCUT2D eigenvalue weighted by molar-refractivity contribution is -0.121. The molecule has 2 rings (SSSR count). The molecule has 0 fully saturated rings. The Labute approximate surface area is 180 Å². The van der Waals surface area contributed by atoms with Gasteiger partial charge in [0.1, 0.15) is 12.4 Å². The van der Waals surface area contributed by atoms with Crippen LogP contribution in [0, 0.1) is 20.8 Å². The third-order valence-corrected chi connectivity index (χ3v) is 6.13. The molecule has 0 bridgehead atoms. The van der Waals surface area contributed by atoms with E-state index in [4.69, 9.17) is 4.74 Å². The molecule has 2 aromatic carbocycles. The number of carbonyl (C=O) groups excluding carboxylic acids is 1. The van der Waals surface area contributed by atoms with Gasteiger partial charge in [-0.05, 0) is 69.0 Å². The standard InChI is InChI=1S/C23H32N2O4S/c1-17-12-13-21(15-19(17)3)25(30(5,27)28)14-8-11-23(26)24-20(4)16-29-22-10-7-6-9-18(22)2/h6-7,9-10,12-13,15,20H,8,11,14,16H2,1-5H3,(H,24,26)/t20-/m0/s1. The first-order valence-corrected chi connectivity index (χ1v) is 12.0. The fraction of sp³-hybridized carbons (Fsp3) is 0.435. The van der Waals surface area contributed by atoms with Crippen LogP contribution in [0.2, 0.25) is 0 Å². The molecule has 2 aromatic rings. The number of sulfonamides is 1. The molecule has 0 unspecified atom stereocenters. The van der Waals surface area contributed by atoms with Crippen LogP contribution < -0.4 is 14.4 Å². The van der Waals surface area contributed by atoms with Crippen LogP contribution in [0.15, 0.2) is 42.5 Å². The molecule has 1 amide bonds. The Hall–Kier alpha value is -2.54. The van der Waals surface area contributed by atoms with Crippen LogP contribution in [0.5, 0.6) is 5.75 Å². The minimum Gasteiger partial charge on any atom is -0.491 e. The summed E-state index contributed by atoms with van der Waals surface area (Å²) in [6, 6.07) is 13.2. The Morgan fingerprint density at radius 2 is 1.77 bits per heavy atom. The topological polar surface area (TPSA) is 75.7 Å². The summed E-state index contributed by atoms with van der Waals surface area (Å²) in [4.78, 5) is 12.3. The van der Waals surface area contributed by atoms with Crippen molar-refractivity contribution in [2.45, 2.75) is 46.6 Å². The molecule has 7 heteroatoms. The fourth-order valence-corrected chi connectivity index (χ4v) is 4.03. The fourth-order valence-electron chi connectivity index (χ4n) is 3.07. The van der Waals surface area contributed by atoms with Gasteiger partial charge >= 0.3 is 0 Å². The zero-order valence-electron chi connectivity index (χ0n) is 18.4. The normalized spacial score (nSPS) is 12.3. The van der Waals surface area contributed by atoms with Gasteiger partial charge in [-0.25, -0.2) is 8.42 Å². The highest BCUT2D eigenvalue weighted by molar-refractivity contribution is 7.92. The average Bonchev–Trinajstić information content (AvgIpc) is 2.66. The number of para-hydroxylation sites is 1. The number of hydrogen-bond donors (Lipinski definition) is 1. The number of hydrogen-bond acceptors (Lipinski definition) is 4. The molecule has 0 aliphatic heterocycles. The molecular weight excluding hydrogens is 400 g/mol. The Balaban J connectivity index is 1.85. The van der Waals surface area contributed by atoms with Gasteiger partial charge in [-0.1, -0.05) is 24.3 Å². The monoisotopic (exact) mass is 432 g/mol. The van der Waals surface area contributed by atoms with E-state index >= 15 is 0 Å². The van der Waals surface area contributed by atoms with Crippen molar-refractivity contribution >= 4 is 21.6 Å². The van der Waals surface area contributed by atoms with E-state index in [1.165, 1.54) is 10.6 Å². The third-order valence-electron chi connectivity index (χ3n) is 4.93. The maximum atomic E-state index is 12.3. The summed E-state index contributed by atoms with van der Waals surface area (Å²) < 4.78 is 31.6. The number of ether oxygens (including phenoxy) is 1. The number of amides is 1. The summed E-state index contributed by atoms with van der Waals surface area (Å²) in [6.45, 7) is 8.42. The van der Waals surface area contributed by atoms with Gasteiger partial charge in [0, 0.05) is 13.0 Å². The van der Waals surface area contributed by atoms with E-state index in [0.717, 1.165) is 22.4 Å². The number of nitrogens with one attached hydrogen (secondary N) is 1. The van der Waals surface area contributed by atoms with E-state index in [1.54, 1.807) is 6.07 Å². The SMILES string of the molecule is Cc1ccc(N(CCCC(=O)N[C@@H](C)COc2ccccc2C)S(C)(=O)=O)cc1C. The van der Waals surface area contributed by atoms with Crippen LogP contribution in [-0.2, 0) is 14.8 Å².